The summed E-state index contributed by atoms with van der Waals surface area (Å²) in [5.41, 5.74) is 8.55. The molecule has 0 unspecified atom stereocenters. The number of nitrogens with zero attached hydrogens (tertiary/aromatic N) is 4. The van der Waals surface area contributed by atoms with Crippen molar-refractivity contribution in [2.75, 3.05) is 0 Å². The normalized spacial score (nSPS) is 12.0. The zero-order chi connectivity index (χ0) is 30.4. The lowest BCUT2D eigenvalue weighted by molar-refractivity contribution is 0.622. The molecular formula is C34H38FN7. The zero-order valence-corrected chi connectivity index (χ0v) is 25.1. The number of H-pyrrole nitrogens is 2. The fraction of sp³-hybridized carbons (Fsp3) is 0.235. The third-order valence-corrected chi connectivity index (χ3v) is 6.53. The maximum Gasteiger partial charge on any atom is 0.178 e. The summed E-state index contributed by atoms with van der Waals surface area (Å²) < 4.78 is 14.2. The van der Waals surface area contributed by atoms with E-state index in [2.05, 4.69) is 57.5 Å². The number of hydrogen-bond acceptors (Lipinski definition) is 5. The minimum absolute atomic E-state index is 0.286. The summed E-state index contributed by atoms with van der Waals surface area (Å²) >= 11 is 0. The molecule has 0 atom stereocenters. The highest BCUT2D eigenvalue weighted by Crippen LogP contribution is 2.32. The van der Waals surface area contributed by atoms with Gasteiger partial charge in [0.1, 0.15) is 11.5 Å². The molecule has 0 saturated heterocycles. The summed E-state index contributed by atoms with van der Waals surface area (Å²) in [5, 5.41) is 11.8. The van der Waals surface area contributed by atoms with Crippen molar-refractivity contribution >= 4 is 27.6 Å². The Bertz CT molecular complexity index is 1780. The number of nitrogens with one attached hydrogen (secondary N) is 3. The highest BCUT2D eigenvalue weighted by atomic mass is 19.1. The highest BCUT2D eigenvalue weighted by Gasteiger charge is 2.17. The first-order valence-corrected chi connectivity index (χ1v) is 14.2. The highest BCUT2D eigenvalue weighted by molar-refractivity contribution is 5.96. The molecule has 7 nitrogen and oxygen atoms in total. The Hall–Kier alpha value is -4.85. The van der Waals surface area contributed by atoms with Crippen LogP contribution < -0.4 is 5.32 Å². The first-order chi connectivity index (χ1) is 20.2. The van der Waals surface area contributed by atoms with Crippen LogP contribution in [0.1, 0.15) is 52.3 Å². The molecule has 0 spiro atoms. The Morgan fingerprint density at radius 1 is 1.14 bits per heavy atom. The molecule has 0 saturated carbocycles. The molecule has 216 valence electrons. The van der Waals surface area contributed by atoms with Gasteiger partial charge in [-0.25, -0.2) is 14.4 Å². The van der Waals surface area contributed by atoms with Crippen molar-refractivity contribution in [1.82, 2.24) is 35.5 Å². The Labute approximate surface area is 246 Å². The number of halogens is 1. The van der Waals surface area contributed by atoms with Crippen LogP contribution in [0.2, 0.25) is 0 Å². The molecule has 0 amide bonds. The number of pyridine rings is 2. The third kappa shape index (κ3) is 6.54. The van der Waals surface area contributed by atoms with E-state index in [0.29, 0.717) is 28.6 Å². The predicted molar refractivity (Wildman–Crippen MR) is 172 cm³/mol. The van der Waals surface area contributed by atoms with E-state index in [1.54, 1.807) is 18.5 Å². The van der Waals surface area contributed by atoms with Gasteiger partial charge in [-0.3, -0.25) is 10.1 Å². The van der Waals surface area contributed by atoms with Gasteiger partial charge in [-0.15, -0.1) is 0 Å². The van der Waals surface area contributed by atoms with E-state index in [9.17, 15) is 4.39 Å². The number of rotatable bonds is 9. The van der Waals surface area contributed by atoms with Gasteiger partial charge < -0.3 is 10.3 Å². The van der Waals surface area contributed by atoms with Gasteiger partial charge in [0, 0.05) is 28.5 Å². The van der Waals surface area contributed by atoms with Gasteiger partial charge >= 0.3 is 0 Å². The molecule has 5 rings (SSSR count). The molecule has 1 aromatic carbocycles. The number of hydrogen-bond donors (Lipinski definition) is 3. The Morgan fingerprint density at radius 2 is 1.93 bits per heavy atom. The fourth-order valence-corrected chi connectivity index (χ4v) is 4.78. The summed E-state index contributed by atoms with van der Waals surface area (Å²) in [6.07, 6.45) is 10.1. The molecule has 0 bridgehead atoms. The van der Waals surface area contributed by atoms with Crippen molar-refractivity contribution in [1.29, 1.82) is 0 Å². The smallest absolute Gasteiger partial charge is 0.178 e. The molecule has 8 heteroatoms. The number of aromatic nitrogens is 6. The van der Waals surface area contributed by atoms with E-state index < -0.39 is 0 Å². The topological polar surface area (TPSA) is 95.2 Å². The number of fused-ring (bicyclic) bond motifs is 2. The second-order valence-corrected chi connectivity index (χ2v) is 10.2. The maximum atomic E-state index is 14.2. The van der Waals surface area contributed by atoms with Crippen LogP contribution in [0.4, 0.5) is 4.39 Å². The molecular weight excluding hydrogens is 525 g/mol. The molecule has 5 aromatic rings. The van der Waals surface area contributed by atoms with Crippen LogP contribution in [0, 0.1) is 18.7 Å². The average Bonchev–Trinajstić information content (AvgIpc) is 3.59. The van der Waals surface area contributed by atoms with Gasteiger partial charge in [-0.2, -0.15) is 5.10 Å². The molecule has 0 aliphatic carbocycles. The molecule has 0 aliphatic rings. The first kappa shape index (κ1) is 30.1. The fourth-order valence-electron chi connectivity index (χ4n) is 4.78. The van der Waals surface area contributed by atoms with Crippen molar-refractivity contribution in [2.24, 2.45) is 5.92 Å². The Kier molecular flexibility index (Phi) is 9.47. The quantitative estimate of drug-likeness (QED) is 0.156. The number of allylic oxidation sites excluding steroid dienone is 5. The number of benzene rings is 1. The van der Waals surface area contributed by atoms with Crippen molar-refractivity contribution in [3.05, 3.63) is 103 Å². The van der Waals surface area contributed by atoms with Gasteiger partial charge in [-0.1, -0.05) is 53.0 Å². The number of aryl methyl sites for hydroxylation is 1. The van der Waals surface area contributed by atoms with Gasteiger partial charge in [0.25, 0.3) is 0 Å². The lowest BCUT2D eigenvalue weighted by atomic mass is 10.0. The summed E-state index contributed by atoms with van der Waals surface area (Å²) in [6, 6.07) is 8.81. The van der Waals surface area contributed by atoms with Crippen molar-refractivity contribution in [3.8, 4) is 22.6 Å². The van der Waals surface area contributed by atoms with E-state index in [-0.39, 0.29) is 5.82 Å². The minimum atomic E-state index is -0.286. The SMILES string of the molecule is C=C/C(=C\C(=C/C)c1cc2c(-c3nc4nccc(-c5cc(C)cc(F)c5)c4[nH]3)n[nH]c2cn1)NC(=C)CC(C)C.CC. The molecule has 42 heavy (non-hydrogen) atoms. The van der Waals surface area contributed by atoms with Gasteiger partial charge in [0.2, 0.25) is 0 Å². The summed E-state index contributed by atoms with van der Waals surface area (Å²) in [5.74, 6) is 0.770. The Balaban J connectivity index is 0.00000198. The van der Waals surface area contributed by atoms with E-state index >= 15 is 0 Å². The number of imidazole rings is 1. The van der Waals surface area contributed by atoms with Crippen LogP contribution in [0.15, 0.2) is 85.5 Å². The van der Waals surface area contributed by atoms with E-state index in [1.807, 2.05) is 58.0 Å². The molecule has 0 radical (unpaired) electrons. The van der Waals surface area contributed by atoms with Gasteiger partial charge in [0.05, 0.1) is 22.9 Å². The van der Waals surface area contributed by atoms with Crippen LogP contribution in [0.25, 0.3) is 50.3 Å². The van der Waals surface area contributed by atoms with Gasteiger partial charge in [0.15, 0.2) is 11.5 Å². The van der Waals surface area contributed by atoms with E-state index in [0.717, 1.165) is 56.7 Å². The number of aromatic amines is 2. The van der Waals surface area contributed by atoms with E-state index in [4.69, 9.17) is 4.98 Å². The van der Waals surface area contributed by atoms with Crippen molar-refractivity contribution < 1.29 is 4.39 Å². The lowest BCUT2D eigenvalue weighted by Crippen LogP contribution is -2.12. The van der Waals surface area contributed by atoms with Gasteiger partial charge in [-0.05, 0) is 79.3 Å². The second-order valence-electron chi connectivity index (χ2n) is 10.2. The second kappa shape index (κ2) is 13.2. The summed E-state index contributed by atoms with van der Waals surface area (Å²) in [7, 11) is 0. The lowest BCUT2D eigenvalue weighted by Gasteiger charge is -2.13. The first-order valence-electron chi connectivity index (χ1n) is 14.2. The van der Waals surface area contributed by atoms with Crippen LogP contribution >= 0.6 is 0 Å². The molecule has 3 N–H and O–H groups in total. The van der Waals surface area contributed by atoms with Crippen molar-refractivity contribution in [2.45, 2.75) is 48.0 Å². The molecule has 4 aromatic heterocycles. The predicted octanol–water partition coefficient (Wildman–Crippen LogP) is 8.66. The van der Waals surface area contributed by atoms with Crippen LogP contribution in [0.3, 0.4) is 0 Å². The van der Waals surface area contributed by atoms with Crippen LogP contribution in [0.5, 0.6) is 0 Å². The zero-order valence-electron chi connectivity index (χ0n) is 25.1. The van der Waals surface area contributed by atoms with Crippen molar-refractivity contribution in [3.63, 3.8) is 0 Å². The summed E-state index contributed by atoms with van der Waals surface area (Å²) in [6.45, 7) is 20.2. The maximum absolute atomic E-state index is 14.2. The minimum Gasteiger partial charge on any atom is -0.359 e. The van der Waals surface area contributed by atoms with Crippen LogP contribution in [-0.2, 0) is 0 Å². The molecule has 0 fully saturated rings. The average molecular weight is 564 g/mol. The summed E-state index contributed by atoms with van der Waals surface area (Å²) in [4.78, 5) is 17.2. The van der Waals surface area contributed by atoms with Crippen LogP contribution in [-0.4, -0.2) is 30.1 Å². The van der Waals surface area contributed by atoms with E-state index in [1.165, 1.54) is 12.1 Å². The standard InChI is InChI=1S/C32H32FN7.C2H6/c1-7-21(15-24(8-2)36-20(6)11-18(3)4)27-16-26-28(17-35-27)39-40-30(26)32-37-29-25(9-10-34-31(29)38-32)22-12-19(5)13-23(33)14-22;1-2/h7-10,12-18,36H,2,6,11H2,1,3-5H3,(H,39,40)(H,34,37,38);1-2H3/b21-7+,24-15+;. The Morgan fingerprint density at radius 3 is 2.62 bits per heavy atom. The molecule has 4 heterocycles. The molecule has 0 aliphatic heterocycles. The largest absolute Gasteiger partial charge is 0.359 e. The monoisotopic (exact) mass is 563 g/mol. The third-order valence-electron chi connectivity index (χ3n) is 6.53.